The summed E-state index contributed by atoms with van der Waals surface area (Å²) in [6.45, 7) is 5.50. The lowest BCUT2D eigenvalue weighted by Crippen LogP contribution is -2.29. The van der Waals surface area contributed by atoms with Crippen molar-refractivity contribution in [3.05, 3.63) is 22.2 Å². The maximum Gasteiger partial charge on any atom is 0.174 e. The minimum atomic E-state index is 0.744. The molecule has 1 N–H and O–H groups in total. The van der Waals surface area contributed by atoms with Crippen molar-refractivity contribution in [1.82, 2.24) is 10.2 Å². The number of likely N-dealkylation sites (tertiary alicyclic amines) is 1. The van der Waals surface area contributed by atoms with Crippen LogP contribution in [0, 0.1) is 0 Å². The van der Waals surface area contributed by atoms with Gasteiger partial charge >= 0.3 is 0 Å². The number of rotatable bonds is 7. The molecule has 0 aliphatic carbocycles. The lowest BCUT2D eigenvalue weighted by Gasteiger charge is -2.15. The van der Waals surface area contributed by atoms with Gasteiger partial charge < -0.3 is 19.7 Å². The van der Waals surface area contributed by atoms with E-state index in [9.17, 15) is 0 Å². The maximum absolute atomic E-state index is 5.35. The van der Waals surface area contributed by atoms with Crippen LogP contribution in [0.2, 0.25) is 0 Å². The van der Waals surface area contributed by atoms with Crippen molar-refractivity contribution in [2.75, 3.05) is 40.4 Å². The van der Waals surface area contributed by atoms with Gasteiger partial charge in [-0.15, -0.1) is 0 Å². The van der Waals surface area contributed by atoms with Crippen LogP contribution in [0.3, 0.4) is 0 Å². The molecule has 0 radical (unpaired) electrons. The molecule has 112 valence electrons. The van der Waals surface area contributed by atoms with Crippen LogP contribution in [-0.4, -0.2) is 45.3 Å². The zero-order valence-corrected chi connectivity index (χ0v) is 13.8. The molecule has 2 rings (SSSR count). The first-order valence-corrected chi connectivity index (χ1v) is 7.87. The average Bonchev–Trinajstić information content (AvgIpc) is 2.96. The van der Waals surface area contributed by atoms with Gasteiger partial charge in [0.1, 0.15) is 0 Å². The van der Waals surface area contributed by atoms with Crippen LogP contribution in [0.1, 0.15) is 18.4 Å². The molecule has 20 heavy (non-hydrogen) atoms. The van der Waals surface area contributed by atoms with Crippen molar-refractivity contribution >= 4 is 15.9 Å². The highest BCUT2D eigenvalue weighted by molar-refractivity contribution is 9.10. The number of nitrogens with zero attached hydrogens (tertiary/aromatic N) is 1. The fourth-order valence-corrected chi connectivity index (χ4v) is 3.20. The molecule has 0 amide bonds. The van der Waals surface area contributed by atoms with Gasteiger partial charge in [0.25, 0.3) is 0 Å². The minimum absolute atomic E-state index is 0.744. The van der Waals surface area contributed by atoms with Crippen molar-refractivity contribution in [3.8, 4) is 11.5 Å². The largest absolute Gasteiger partial charge is 0.493 e. The third-order valence-corrected chi connectivity index (χ3v) is 4.22. The standard InChI is InChI=1S/C15H23BrN2O2/c1-19-14-10-12(9-13(16)15(14)20-2)11-17-5-8-18-6-3-4-7-18/h9-10,17H,3-8,11H2,1-2H3. The molecule has 0 aromatic heterocycles. The highest BCUT2D eigenvalue weighted by Gasteiger charge is 2.12. The zero-order valence-electron chi connectivity index (χ0n) is 12.2. The Morgan fingerprint density at radius 1 is 1.20 bits per heavy atom. The number of hydrogen-bond acceptors (Lipinski definition) is 4. The van der Waals surface area contributed by atoms with Crippen molar-refractivity contribution in [2.24, 2.45) is 0 Å². The SMILES string of the molecule is COc1cc(CNCCN2CCCC2)cc(Br)c1OC. The monoisotopic (exact) mass is 342 g/mol. The zero-order chi connectivity index (χ0) is 14.4. The summed E-state index contributed by atoms with van der Waals surface area (Å²) in [4.78, 5) is 2.51. The first-order chi connectivity index (χ1) is 9.74. The predicted octanol–water partition coefficient (Wildman–Crippen LogP) is 2.65. The Morgan fingerprint density at radius 3 is 2.60 bits per heavy atom. The smallest absolute Gasteiger partial charge is 0.174 e. The van der Waals surface area contributed by atoms with E-state index in [0.717, 1.165) is 35.6 Å². The number of hydrogen-bond donors (Lipinski definition) is 1. The molecule has 1 aliphatic rings. The van der Waals surface area contributed by atoms with Gasteiger partial charge in [-0.05, 0) is 59.6 Å². The molecule has 1 aromatic carbocycles. The van der Waals surface area contributed by atoms with Gasteiger partial charge in [-0.3, -0.25) is 0 Å². The summed E-state index contributed by atoms with van der Waals surface area (Å²) in [6, 6.07) is 4.09. The molecule has 0 bridgehead atoms. The van der Waals surface area contributed by atoms with E-state index in [-0.39, 0.29) is 0 Å². The van der Waals surface area contributed by atoms with Crippen molar-refractivity contribution in [1.29, 1.82) is 0 Å². The Kier molecular flexibility index (Phi) is 6.13. The van der Waals surface area contributed by atoms with Crippen LogP contribution in [0.4, 0.5) is 0 Å². The number of methoxy groups -OCH3 is 2. The van der Waals surface area contributed by atoms with Crippen molar-refractivity contribution in [2.45, 2.75) is 19.4 Å². The Morgan fingerprint density at radius 2 is 1.95 bits per heavy atom. The normalized spacial score (nSPS) is 15.6. The molecule has 1 aromatic rings. The number of nitrogens with one attached hydrogen (secondary N) is 1. The molecule has 0 saturated carbocycles. The highest BCUT2D eigenvalue weighted by atomic mass is 79.9. The van der Waals surface area contributed by atoms with E-state index >= 15 is 0 Å². The summed E-state index contributed by atoms with van der Waals surface area (Å²) < 4.78 is 11.6. The Balaban J connectivity index is 1.84. The van der Waals surface area contributed by atoms with Crippen molar-refractivity contribution in [3.63, 3.8) is 0 Å². The summed E-state index contributed by atoms with van der Waals surface area (Å²) in [7, 11) is 3.31. The third-order valence-electron chi connectivity index (χ3n) is 3.63. The van der Waals surface area contributed by atoms with E-state index in [4.69, 9.17) is 9.47 Å². The molecule has 0 unspecified atom stereocenters. The van der Waals surface area contributed by atoms with Crippen LogP contribution in [0.5, 0.6) is 11.5 Å². The van der Waals surface area contributed by atoms with Crippen LogP contribution in [0.25, 0.3) is 0 Å². The van der Waals surface area contributed by atoms with Crippen molar-refractivity contribution < 1.29 is 9.47 Å². The second-order valence-electron chi connectivity index (χ2n) is 5.04. The highest BCUT2D eigenvalue weighted by Crippen LogP contribution is 2.36. The van der Waals surface area contributed by atoms with E-state index in [1.807, 2.05) is 6.07 Å². The molecule has 4 nitrogen and oxygen atoms in total. The van der Waals surface area contributed by atoms with Crippen LogP contribution < -0.4 is 14.8 Å². The average molecular weight is 343 g/mol. The van der Waals surface area contributed by atoms with Crippen LogP contribution in [0.15, 0.2) is 16.6 Å². The molecular weight excluding hydrogens is 320 g/mol. The molecule has 1 heterocycles. The first kappa shape index (κ1) is 15.6. The summed E-state index contributed by atoms with van der Waals surface area (Å²) in [5.41, 5.74) is 1.19. The molecular formula is C15H23BrN2O2. The third kappa shape index (κ3) is 4.11. The first-order valence-electron chi connectivity index (χ1n) is 7.08. The second kappa shape index (κ2) is 7.86. The van der Waals surface area contributed by atoms with Crippen LogP contribution >= 0.6 is 15.9 Å². The van der Waals surface area contributed by atoms with Gasteiger partial charge in [0.2, 0.25) is 0 Å². The lowest BCUT2D eigenvalue weighted by atomic mass is 10.2. The Hall–Kier alpha value is -0.780. The number of ether oxygens (including phenoxy) is 2. The minimum Gasteiger partial charge on any atom is -0.493 e. The van der Waals surface area contributed by atoms with E-state index in [0.29, 0.717) is 0 Å². The lowest BCUT2D eigenvalue weighted by molar-refractivity contribution is 0.335. The summed E-state index contributed by atoms with van der Waals surface area (Å²) in [5, 5.41) is 3.49. The predicted molar refractivity (Wildman–Crippen MR) is 84.6 cm³/mol. The molecule has 0 spiro atoms. The summed E-state index contributed by atoms with van der Waals surface area (Å²) >= 11 is 3.52. The molecule has 1 aliphatic heterocycles. The fraction of sp³-hybridized carbons (Fsp3) is 0.600. The van der Waals surface area contributed by atoms with E-state index in [2.05, 4.69) is 32.2 Å². The topological polar surface area (TPSA) is 33.7 Å². The molecule has 1 fully saturated rings. The maximum atomic E-state index is 5.35. The van der Waals surface area contributed by atoms with Gasteiger partial charge in [-0.1, -0.05) is 0 Å². The summed E-state index contributed by atoms with van der Waals surface area (Å²) in [6.07, 6.45) is 2.70. The number of benzene rings is 1. The van der Waals surface area contributed by atoms with Crippen LogP contribution in [-0.2, 0) is 6.54 Å². The van der Waals surface area contributed by atoms with Gasteiger partial charge in [-0.25, -0.2) is 0 Å². The Bertz CT molecular complexity index is 434. The van der Waals surface area contributed by atoms with E-state index in [1.165, 1.54) is 31.5 Å². The van der Waals surface area contributed by atoms with Gasteiger partial charge in [-0.2, -0.15) is 0 Å². The van der Waals surface area contributed by atoms with E-state index < -0.39 is 0 Å². The quantitative estimate of drug-likeness (QED) is 0.772. The molecule has 1 saturated heterocycles. The second-order valence-corrected chi connectivity index (χ2v) is 5.89. The summed E-state index contributed by atoms with van der Waals surface area (Å²) in [5.74, 6) is 1.51. The van der Waals surface area contributed by atoms with E-state index in [1.54, 1.807) is 14.2 Å². The Labute approximate surface area is 129 Å². The van der Waals surface area contributed by atoms with Gasteiger partial charge in [0, 0.05) is 19.6 Å². The fourth-order valence-electron chi connectivity index (χ4n) is 2.55. The molecule has 5 heteroatoms. The van der Waals surface area contributed by atoms with Gasteiger partial charge in [0.05, 0.1) is 18.7 Å². The van der Waals surface area contributed by atoms with Gasteiger partial charge in [0.15, 0.2) is 11.5 Å². The number of halogens is 1. The molecule has 0 atom stereocenters.